The van der Waals surface area contributed by atoms with E-state index in [9.17, 15) is 5.11 Å². The van der Waals surface area contributed by atoms with Gasteiger partial charge in [-0.3, -0.25) is 0 Å². The van der Waals surface area contributed by atoms with Crippen LogP contribution in [0, 0.1) is 5.92 Å². The molecule has 0 saturated carbocycles. The third kappa shape index (κ3) is 4.91. The predicted molar refractivity (Wildman–Crippen MR) is 141 cm³/mol. The number of likely N-dealkylation sites (N-methyl/N-ethyl adjacent to an activating group) is 1. The fourth-order valence-corrected chi connectivity index (χ4v) is 5.45. The maximum atomic E-state index is 9.90. The Bertz CT molecular complexity index is 1000. The smallest absolute Gasteiger partial charge is 0.142 e. The molecule has 180 valence electrons. The minimum Gasteiger partial charge on any atom is -0.495 e. The number of nitrogens with zero attached hydrogens (tertiary/aromatic N) is 2. The molecule has 34 heavy (non-hydrogen) atoms. The SMILES string of the molecule is COc1ccc(N(C)C)cc1N(C)C1C(CCO)CNC1C(c1ccccc1)c1ccccc1. The first-order valence-corrected chi connectivity index (χ1v) is 12.1. The summed E-state index contributed by atoms with van der Waals surface area (Å²) < 4.78 is 5.79. The van der Waals surface area contributed by atoms with Gasteiger partial charge < -0.3 is 25.0 Å². The quantitative estimate of drug-likeness (QED) is 0.498. The number of nitrogens with one attached hydrogen (secondary N) is 1. The van der Waals surface area contributed by atoms with Crippen LogP contribution in [0.4, 0.5) is 11.4 Å². The molecule has 3 unspecified atom stereocenters. The number of benzene rings is 3. The van der Waals surface area contributed by atoms with Crippen LogP contribution in [0.3, 0.4) is 0 Å². The molecule has 1 fully saturated rings. The molecule has 0 spiro atoms. The maximum Gasteiger partial charge on any atom is 0.142 e. The lowest BCUT2D eigenvalue weighted by atomic mass is 9.79. The van der Waals surface area contributed by atoms with E-state index in [0.29, 0.717) is 5.92 Å². The fourth-order valence-electron chi connectivity index (χ4n) is 5.45. The third-order valence-electron chi connectivity index (χ3n) is 7.15. The van der Waals surface area contributed by atoms with Crippen LogP contribution in [-0.4, -0.2) is 58.6 Å². The molecule has 3 aromatic rings. The second kappa shape index (κ2) is 10.9. The minimum atomic E-state index is 0.166. The van der Waals surface area contributed by atoms with E-state index in [4.69, 9.17) is 4.74 Å². The molecule has 3 aromatic carbocycles. The van der Waals surface area contributed by atoms with Crippen molar-refractivity contribution in [1.29, 1.82) is 0 Å². The highest BCUT2D eigenvalue weighted by atomic mass is 16.5. The zero-order valence-corrected chi connectivity index (χ0v) is 20.7. The van der Waals surface area contributed by atoms with Crippen molar-refractivity contribution in [2.24, 2.45) is 5.92 Å². The Labute approximate surface area is 204 Å². The van der Waals surface area contributed by atoms with Crippen molar-refractivity contribution in [2.75, 3.05) is 51.2 Å². The number of hydrogen-bond donors (Lipinski definition) is 2. The molecule has 5 nitrogen and oxygen atoms in total. The Balaban J connectivity index is 1.80. The summed E-state index contributed by atoms with van der Waals surface area (Å²) in [6.45, 7) is 1.05. The van der Waals surface area contributed by atoms with Crippen molar-refractivity contribution >= 4 is 11.4 Å². The van der Waals surface area contributed by atoms with E-state index in [0.717, 1.165) is 30.1 Å². The summed E-state index contributed by atoms with van der Waals surface area (Å²) in [6, 6.07) is 28.2. The largest absolute Gasteiger partial charge is 0.495 e. The average Bonchev–Trinajstić information content (AvgIpc) is 3.27. The van der Waals surface area contributed by atoms with E-state index in [1.807, 2.05) is 6.07 Å². The van der Waals surface area contributed by atoms with Crippen molar-refractivity contribution in [3.05, 3.63) is 90.0 Å². The van der Waals surface area contributed by atoms with Gasteiger partial charge in [0.05, 0.1) is 12.8 Å². The van der Waals surface area contributed by atoms with Gasteiger partial charge in [0.25, 0.3) is 0 Å². The van der Waals surface area contributed by atoms with Crippen molar-refractivity contribution < 1.29 is 9.84 Å². The molecule has 3 atom stereocenters. The molecule has 2 N–H and O–H groups in total. The van der Waals surface area contributed by atoms with E-state index in [1.165, 1.54) is 11.1 Å². The van der Waals surface area contributed by atoms with Crippen molar-refractivity contribution in [3.8, 4) is 5.75 Å². The van der Waals surface area contributed by atoms with Crippen molar-refractivity contribution in [2.45, 2.75) is 24.4 Å². The van der Waals surface area contributed by atoms with E-state index < -0.39 is 0 Å². The van der Waals surface area contributed by atoms with Crippen LogP contribution in [0.5, 0.6) is 5.75 Å². The van der Waals surface area contributed by atoms with Crippen LogP contribution in [0.2, 0.25) is 0 Å². The van der Waals surface area contributed by atoms with Crippen LogP contribution in [0.25, 0.3) is 0 Å². The van der Waals surface area contributed by atoms with Gasteiger partial charge in [0.2, 0.25) is 0 Å². The second-order valence-electron chi connectivity index (χ2n) is 9.36. The normalized spacial score (nSPS) is 19.9. The van der Waals surface area contributed by atoms with Crippen molar-refractivity contribution in [1.82, 2.24) is 5.32 Å². The van der Waals surface area contributed by atoms with Gasteiger partial charge in [0.15, 0.2) is 0 Å². The summed E-state index contributed by atoms with van der Waals surface area (Å²) in [7, 11) is 8.01. The molecular formula is C29H37N3O2. The highest BCUT2D eigenvalue weighted by Gasteiger charge is 2.43. The molecule has 0 bridgehead atoms. The van der Waals surface area contributed by atoms with Gasteiger partial charge in [-0.05, 0) is 41.7 Å². The second-order valence-corrected chi connectivity index (χ2v) is 9.36. The highest BCUT2D eigenvalue weighted by Crippen LogP contribution is 2.41. The predicted octanol–water partition coefficient (Wildman–Crippen LogP) is 4.37. The number of methoxy groups -OCH3 is 1. The summed E-state index contributed by atoms with van der Waals surface area (Å²) in [4.78, 5) is 4.48. The van der Waals surface area contributed by atoms with E-state index in [-0.39, 0.29) is 24.6 Å². The van der Waals surface area contributed by atoms with E-state index in [1.54, 1.807) is 7.11 Å². The zero-order valence-electron chi connectivity index (χ0n) is 20.7. The Kier molecular flexibility index (Phi) is 7.76. The van der Waals surface area contributed by atoms with Crippen LogP contribution < -0.4 is 19.9 Å². The first-order chi connectivity index (χ1) is 16.5. The Morgan fingerprint density at radius 3 is 2.09 bits per heavy atom. The van der Waals surface area contributed by atoms with Gasteiger partial charge in [0.1, 0.15) is 5.75 Å². The summed E-state index contributed by atoms with van der Waals surface area (Å²) in [5, 5.41) is 13.8. The van der Waals surface area contributed by atoms with Gasteiger partial charge in [-0.2, -0.15) is 0 Å². The molecule has 1 aliphatic rings. The van der Waals surface area contributed by atoms with Gasteiger partial charge >= 0.3 is 0 Å². The van der Waals surface area contributed by atoms with Crippen molar-refractivity contribution in [3.63, 3.8) is 0 Å². The number of aliphatic hydroxyl groups is 1. The fraction of sp³-hybridized carbons (Fsp3) is 0.379. The zero-order chi connectivity index (χ0) is 24.1. The summed E-state index contributed by atoms with van der Waals surface area (Å²) >= 11 is 0. The van der Waals surface area contributed by atoms with Gasteiger partial charge in [0, 0.05) is 58.0 Å². The number of ether oxygens (including phenoxy) is 1. The molecule has 1 aliphatic heterocycles. The Morgan fingerprint density at radius 2 is 1.56 bits per heavy atom. The Morgan fingerprint density at radius 1 is 0.941 bits per heavy atom. The van der Waals surface area contributed by atoms with Gasteiger partial charge in [-0.25, -0.2) is 0 Å². The maximum absolute atomic E-state index is 9.90. The molecule has 1 saturated heterocycles. The Hall–Kier alpha value is -3.02. The van der Waals surface area contributed by atoms with Crippen LogP contribution in [0.1, 0.15) is 23.5 Å². The molecule has 0 amide bonds. The molecule has 4 rings (SSSR count). The molecular weight excluding hydrogens is 422 g/mol. The van der Waals surface area contributed by atoms with E-state index >= 15 is 0 Å². The molecule has 0 aliphatic carbocycles. The lowest BCUT2D eigenvalue weighted by molar-refractivity contribution is 0.251. The third-order valence-corrected chi connectivity index (χ3v) is 7.15. The average molecular weight is 460 g/mol. The number of rotatable bonds is 9. The molecule has 0 radical (unpaired) electrons. The lowest BCUT2D eigenvalue weighted by Gasteiger charge is -2.39. The highest BCUT2D eigenvalue weighted by molar-refractivity contribution is 5.67. The van der Waals surface area contributed by atoms with Gasteiger partial charge in [-0.1, -0.05) is 60.7 Å². The summed E-state index contributed by atoms with van der Waals surface area (Å²) in [5.41, 5.74) is 4.79. The monoisotopic (exact) mass is 459 g/mol. The van der Waals surface area contributed by atoms with E-state index in [2.05, 4.69) is 109 Å². The minimum absolute atomic E-state index is 0.166. The van der Waals surface area contributed by atoms with Crippen LogP contribution in [0.15, 0.2) is 78.9 Å². The first kappa shape index (κ1) is 24.1. The summed E-state index contributed by atoms with van der Waals surface area (Å²) in [6.07, 6.45) is 0.754. The number of aliphatic hydroxyl groups excluding tert-OH is 1. The molecule has 5 heteroatoms. The molecule has 1 heterocycles. The topological polar surface area (TPSA) is 48.0 Å². The lowest BCUT2D eigenvalue weighted by Crippen LogP contribution is -2.48. The van der Waals surface area contributed by atoms with Crippen LogP contribution in [-0.2, 0) is 0 Å². The number of hydrogen-bond acceptors (Lipinski definition) is 5. The first-order valence-electron chi connectivity index (χ1n) is 12.1. The summed E-state index contributed by atoms with van der Waals surface area (Å²) in [5.74, 6) is 1.35. The molecule has 0 aromatic heterocycles. The van der Waals surface area contributed by atoms with Gasteiger partial charge in [-0.15, -0.1) is 0 Å². The van der Waals surface area contributed by atoms with Crippen LogP contribution >= 0.6 is 0 Å². The standard InChI is InChI=1S/C29H37N3O2/c1-31(2)24-15-16-26(34-4)25(19-24)32(3)29-23(17-18-33)20-30-28(29)27(21-11-7-5-8-12-21)22-13-9-6-10-14-22/h5-16,19,23,27-30,33H,17-18,20H2,1-4H3. The number of anilines is 2.